The zero-order chi connectivity index (χ0) is 35.8. The third kappa shape index (κ3) is 9.67. The molecule has 16 heteroatoms. The summed E-state index contributed by atoms with van der Waals surface area (Å²) in [6.45, 7) is 9.02. The van der Waals surface area contributed by atoms with E-state index in [0.717, 1.165) is 64.3 Å². The lowest BCUT2D eigenvalue weighted by Crippen LogP contribution is -2.48. The van der Waals surface area contributed by atoms with Crippen LogP contribution >= 0.6 is 0 Å². The summed E-state index contributed by atoms with van der Waals surface area (Å²) in [5.74, 6) is -1.59. The molecule has 1 amide bonds. The highest BCUT2D eigenvalue weighted by atomic mass is 19.4. The van der Waals surface area contributed by atoms with Crippen LogP contribution in [0.15, 0.2) is 30.6 Å². The largest absolute Gasteiger partial charge is 0.490 e. The number of anilines is 1. The molecule has 0 radical (unpaired) electrons. The highest BCUT2D eigenvalue weighted by Gasteiger charge is 2.38. The van der Waals surface area contributed by atoms with Crippen molar-refractivity contribution in [3.63, 3.8) is 0 Å². The lowest BCUT2D eigenvalue weighted by molar-refractivity contribution is -0.192. The number of carbonyl (C=O) groups is 2. The maximum atomic E-state index is 14.0. The molecule has 270 valence electrons. The van der Waals surface area contributed by atoms with Crippen LogP contribution in [0.5, 0.6) is 0 Å². The number of aliphatic carboxylic acids is 1. The van der Waals surface area contributed by atoms with Crippen molar-refractivity contribution < 1.29 is 27.9 Å². The Kier molecular flexibility index (Phi) is 12.3. The van der Waals surface area contributed by atoms with Crippen LogP contribution in [0.1, 0.15) is 66.7 Å². The Hall–Kier alpha value is -4.33. The van der Waals surface area contributed by atoms with E-state index in [1.54, 1.807) is 15.9 Å². The fourth-order valence-electron chi connectivity index (χ4n) is 6.79. The molecule has 2 aliphatic heterocycles. The Morgan fingerprint density at radius 3 is 2.18 bits per heavy atom. The third-order valence-electron chi connectivity index (χ3n) is 9.71. The number of carboxylic acids is 1. The number of hydrogen-bond acceptors (Lipinski definition) is 10. The van der Waals surface area contributed by atoms with E-state index in [-0.39, 0.29) is 17.8 Å². The summed E-state index contributed by atoms with van der Waals surface area (Å²) in [6.07, 6.45) is 4.37. The molecule has 3 aromatic rings. The molecule has 0 atom stereocenters. The molecule has 2 aromatic heterocycles. The minimum absolute atomic E-state index is 0.0333. The lowest BCUT2D eigenvalue weighted by Gasteiger charge is -2.38. The smallest absolute Gasteiger partial charge is 0.475 e. The van der Waals surface area contributed by atoms with Crippen molar-refractivity contribution in [1.29, 1.82) is 5.26 Å². The fraction of sp³-hybridized carbons (Fsp3) is 0.588. The number of piperazine rings is 1. The van der Waals surface area contributed by atoms with Crippen molar-refractivity contribution in [2.75, 3.05) is 58.3 Å². The molecule has 2 N–H and O–H groups in total. The number of nitrogens with zero attached hydrogens (tertiary/aromatic N) is 9. The molecule has 3 fully saturated rings. The second-order valence-electron chi connectivity index (χ2n) is 13.4. The van der Waals surface area contributed by atoms with E-state index >= 15 is 0 Å². The molecule has 1 aromatic carbocycles. The van der Waals surface area contributed by atoms with Crippen LogP contribution in [0.4, 0.5) is 19.0 Å². The van der Waals surface area contributed by atoms with Crippen LogP contribution in [0.25, 0.3) is 11.2 Å². The van der Waals surface area contributed by atoms with Gasteiger partial charge in [-0.05, 0) is 69.4 Å². The number of rotatable bonds is 8. The average Bonchev–Trinajstić information content (AvgIpc) is 3.49. The summed E-state index contributed by atoms with van der Waals surface area (Å²) in [5, 5.41) is 18.4. The number of aromatic nitrogens is 4. The highest BCUT2D eigenvalue weighted by Crippen LogP contribution is 2.27. The fourth-order valence-corrected chi connectivity index (χ4v) is 6.79. The monoisotopic (exact) mass is 698 g/mol. The molecule has 1 aliphatic carbocycles. The molecule has 0 bridgehead atoms. The zero-order valence-electron chi connectivity index (χ0n) is 28.6. The van der Waals surface area contributed by atoms with Gasteiger partial charge in [0.25, 0.3) is 5.91 Å². The number of halogens is 3. The summed E-state index contributed by atoms with van der Waals surface area (Å²) in [6, 6.07) is 10.1. The van der Waals surface area contributed by atoms with Crippen LogP contribution in [0.3, 0.4) is 0 Å². The third-order valence-corrected chi connectivity index (χ3v) is 9.71. The minimum Gasteiger partial charge on any atom is -0.475 e. The molecule has 4 heterocycles. The van der Waals surface area contributed by atoms with Crippen LogP contribution < -0.4 is 5.43 Å². The quantitative estimate of drug-likeness (QED) is 0.328. The molecule has 3 aliphatic rings. The molecule has 6 rings (SSSR count). The van der Waals surface area contributed by atoms with Crippen molar-refractivity contribution >= 4 is 28.9 Å². The number of nitrogens with one attached hydrogen (secondary N) is 1. The number of hydrogen-bond donors (Lipinski definition) is 2. The first-order valence-corrected chi connectivity index (χ1v) is 17.1. The number of alkyl halides is 3. The maximum absolute atomic E-state index is 14.0. The van der Waals surface area contributed by atoms with Gasteiger partial charge in [-0.15, -0.1) is 0 Å². The Bertz CT molecular complexity index is 1640. The maximum Gasteiger partial charge on any atom is 0.490 e. The van der Waals surface area contributed by atoms with Gasteiger partial charge in [0.15, 0.2) is 17.0 Å². The van der Waals surface area contributed by atoms with Crippen molar-refractivity contribution in [2.24, 2.45) is 13.0 Å². The minimum atomic E-state index is -5.08. The molecule has 2 saturated heterocycles. The van der Waals surface area contributed by atoms with Gasteiger partial charge in [0.1, 0.15) is 6.07 Å². The summed E-state index contributed by atoms with van der Waals surface area (Å²) in [4.78, 5) is 43.6. The van der Waals surface area contributed by atoms with E-state index in [9.17, 15) is 23.2 Å². The number of carbonyl (C=O) groups excluding carboxylic acids is 1. The Morgan fingerprint density at radius 1 is 0.960 bits per heavy atom. The molecule has 50 heavy (non-hydrogen) atoms. The summed E-state index contributed by atoms with van der Waals surface area (Å²) in [7, 11) is 4.06. The van der Waals surface area contributed by atoms with Crippen LogP contribution in [0, 0.1) is 17.2 Å². The number of amides is 1. The zero-order valence-corrected chi connectivity index (χ0v) is 28.6. The van der Waals surface area contributed by atoms with Crippen molar-refractivity contribution in [1.82, 2.24) is 39.2 Å². The Balaban J connectivity index is 0.000000630. The first kappa shape index (κ1) is 36.9. The van der Waals surface area contributed by atoms with E-state index in [2.05, 4.69) is 54.3 Å². The van der Waals surface area contributed by atoms with Crippen LogP contribution in [-0.2, 0) is 18.4 Å². The molecule has 0 unspecified atom stereocenters. The number of aryl methyl sites for hydroxylation is 1. The van der Waals surface area contributed by atoms with Gasteiger partial charge in [-0.25, -0.2) is 14.8 Å². The number of piperidine rings is 1. The summed E-state index contributed by atoms with van der Waals surface area (Å²) < 4.78 is 33.5. The molecular formula is C34H45F3N10O3. The van der Waals surface area contributed by atoms with Gasteiger partial charge in [0.2, 0.25) is 5.82 Å². The van der Waals surface area contributed by atoms with E-state index in [0.29, 0.717) is 22.5 Å². The van der Waals surface area contributed by atoms with Gasteiger partial charge < -0.3 is 19.5 Å². The second kappa shape index (κ2) is 16.6. The standard InChI is InChI=1S/C32H44N10O.C2HF3O2/c1-38-14-12-25(13-15-38)22-41-18-16-40(17-19-41)21-24-8-10-26(11-9-24)32(43)42(27-6-4-3-5-7-27)37-30-29-31(39(2)23-34-29)36-28(20-33)35-30;3-2(4,5)1(6)7/h8-11,23,25,27H,3-7,12-19,21-22H2,1-2H3,(H,35,36,37);(H,6,7). The summed E-state index contributed by atoms with van der Waals surface area (Å²) in [5.41, 5.74) is 6.24. The number of fused-ring (bicyclic) bond motifs is 1. The van der Waals surface area contributed by atoms with Crippen molar-refractivity contribution in [3.8, 4) is 6.07 Å². The number of carboxylic acid groups (broad SMARTS) is 1. The molecular weight excluding hydrogens is 653 g/mol. The van der Waals surface area contributed by atoms with Gasteiger partial charge in [-0.1, -0.05) is 31.4 Å². The molecule has 0 spiro atoms. The van der Waals surface area contributed by atoms with Gasteiger partial charge in [-0.3, -0.25) is 15.1 Å². The van der Waals surface area contributed by atoms with Crippen LogP contribution in [-0.4, -0.2) is 121 Å². The van der Waals surface area contributed by atoms with Gasteiger partial charge >= 0.3 is 12.1 Å². The first-order chi connectivity index (χ1) is 23.9. The van der Waals surface area contributed by atoms with E-state index in [4.69, 9.17) is 9.90 Å². The lowest BCUT2D eigenvalue weighted by atomic mass is 9.94. The summed E-state index contributed by atoms with van der Waals surface area (Å²) >= 11 is 0. The van der Waals surface area contributed by atoms with E-state index in [1.807, 2.05) is 25.2 Å². The predicted molar refractivity (Wildman–Crippen MR) is 180 cm³/mol. The predicted octanol–water partition coefficient (Wildman–Crippen LogP) is 4.13. The van der Waals surface area contributed by atoms with Crippen molar-refractivity contribution in [3.05, 3.63) is 47.5 Å². The molecule has 1 saturated carbocycles. The van der Waals surface area contributed by atoms with Crippen LogP contribution in [0.2, 0.25) is 0 Å². The van der Waals surface area contributed by atoms with Gasteiger partial charge in [0.05, 0.1) is 12.4 Å². The topological polar surface area (TPSA) is 147 Å². The Morgan fingerprint density at radius 2 is 1.58 bits per heavy atom. The Labute approximate surface area is 289 Å². The average molecular weight is 699 g/mol. The normalized spacial score (nSPS) is 18.6. The number of imidazole rings is 1. The van der Waals surface area contributed by atoms with Crippen molar-refractivity contribution in [2.45, 2.75) is 63.7 Å². The number of nitriles is 1. The van der Waals surface area contributed by atoms with Gasteiger partial charge in [0, 0.05) is 51.9 Å². The van der Waals surface area contributed by atoms with Gasteiger partial charge in [-0.2, -0.15) is 28.4 Å². The van der Waals surface area contributed by atoms with E-state index in [1.165, 1.54) is 44.5 Å². The second-order valence-corrected chi connectivity index (χ2v) is 13.4. The SMILES string of the molecule is CN1CCC(CN2CCN(Cc3ccc(C(=O)N(Nc4nc(C#N)nc5c4ncn5C)C4CCCCC4)cc3)CC2)CC1.O=C(O)C(F)(F)F. The van der Waals surface area contributed by atoms with E-state index < -0.39 is 12.1 Å². The molecule has 13 nitrogen and oxygen atoms in total. The highest BCUT2D eigenvalue weighted by molar-refractivity contribution is 5.96. The number of likely N-dealkylation sites (tertiary alicyclic amines) is 1. The number of hydrazine groups is 1. The number of benzene rings is 1. The first-order valence-electron chi connectivity index (χ1n) is 17.1.